The van der Waals surface area contributed by atoms with Crippen molar-refractivity contribution >= 4 is 316 Å². The molecule has 0 saturated carbocycles. The third kappa shape index (κ3) is 17.3. The Morgan fingerprint density at radius 2 is 0.370 bits per heavy atom. The third-order valence-electron chi connectivity index (χ3n) is 7.69. The molecule has 8 unspecified atom stereocenters. The van der Waals surface area contributed by atoms with Gasteiger partial charge in [-0.05, 0) is 0 Å². The maximum atomic E-state index is 4.37. The van der Waals surface area contributed by atoms with Crippen molar-refractivity contribution in [1.29, 1.82) is 0 Å². The number of hydrogen-bond donors (Lipinski definition) is 8. The minimum Gasteiger partial charge on any atom is -0.197 e. The van der Waals surface area contributed by atoms with Gasteiger partial charge in [-0.1, -0.05) is 0 Å². The van der Waals surface area contributed by atoms with E-state index in [9.17, 15) is 0 Å². The maximum absolute atomic E-state index is 4.37. The molecular weight excluding hydrogens is 1170 g/mol. The first-order chi connectivity index (χ1) is 25.1. The summed E-state index contributed by atoms with van der Waals surface area (Å²) in [5.41, 5.74) is 0. The van der Waals surface area contributed by atoms with Crippen LogP contribution in [0.25, 0.3) is 0 Å². The number of rotatable bonds is 8. The fourth-order valence-electron chi connectivity index (χ4n) is 5.01. The van der Waals surface area contributed by atoms with Crippen LogP contribution in [0, 0.1) is 0 Å². The minimum absolute atomic E-state index is 0. The van der Waals surface area contributed by atoms with Gasteiger partial charge < -0.3 is 0 Å². The molecule has 0 radical (unpaired) electrons. The average molecular weight is 1220 g/mol. The highest BCUT2D eigenvalue weighted by Gasteiger charge is 2.50. The van der Waals surface area contributed by atoms with Crippen LogP contribution in [0.15, 0.2) is 0 Å². The first-order valence-corrected chi connectivity index (χ1v) is 36.5. The van der Waals surface area contributed by atoms with Gasteiger partial charge in [0.25, 0.3) is 0 Å². The summed E-state index contributed by atoms with van der Waals surface area (Å²) in [7, 11) is 0. The standard InChI is InChI=1S/4C7H12S6.2H2S/c4*8-1-5-3-10-7(12-5)11-4-6(2-9)13-7;;/h4*5-6,8-9H,1-4H2;2*1H2. The SMILES string of the molecule is S.S.SCC1CSC2(SCC(CS)S2)S1.SCC1CSC2(SCC(CS)S2)S1.SCC1CSC2(SCC(CS)S2)S1.SCC1CSC2(SCC(CS)S2)S1. The molecule has 0 amide bonds. The van der Waals surface area contributed by atoms with Crippen LogP contribution in [0.1, 0.15) is 0 Å². The summed E-state index contributed by atoms with van der Waals surface area (Å²) in [4.78, 5) is 0. The van der Waals surface area contributed by atoms with Crippen molar-refractivity contribution in [3.05, 3.63) is 0 Å². The van der Waals surface area contributed by atoms with Gasteiger partial charge in [-0.3, -0.25) is 0 Å². The summed E-state index contributed by atoms with van der Waals surface area (Å²) in [5.74, 6) is 18.3. The summed E-state index contributed by atoms with van der Waals surface area (Å²) in [6, 6.07) is 0. The largest absolute Gasteiger partial charge is 0.197 e. The lowest BCUT2D eigenvalue weighted by Gasteiger charge is -2.19. The Hall–Kier alpha value is 9.10. The van der Waals surface area contributed by atoms with E-state index >= 15 is 0 Å². The molecule has 0 aromatic heterocycles. The van der Waals surface area contributed by atoms with Crippen LogP contribution in [0.3, 0.4) is 0 Å². The molecule has 0 aliphatic carbocycles. The Bertz CT molecular complexity index is 817. The zero-order chi connectivity index (χ0) is 37.2. The van der Waals surface area contributed by atoms with Crippen LogP contribution in [-0.2, 0) is 0 Å². The molecule has 8 aliphatic rings. The molecule has 8 rings (SSSR count). The Balaban J connectivity index is 0.000000191. The fraction of sp³-hybridized carbons (Fsp3) is 1.00. The summed E-state index contributed by atoms with van der Waals surface area (Å²) in [6.07, 6.45) is 0. The second-order valence-electron chi connectivity index (χ2n) is 11.9. The zero-order valence-electron chi connectivity index (χ0n) is 29.0. The van der Waals surface area contributed by atoms with Gasteiger partial charge in [-0.2, -0.15) is 128 Å². The number of hydrogen-bond acceptors (Lipinski definition) is 24. The Kier molecular flexibility index (Phi) is 31.1. The minimum atomic E-state index is 0. The summed E-state index contributed by atoms with van der Waals surface area (Å²) < 4.78 is 1.61. The monoisotopic (exact) mass is 1220 g/mol. The predicted octanol–water partition coefficient (Wildman–Crippen LogP) is 12.8. The number of thioether (sulfide) groups is 16. The molecule has 8 saturated heterocycles. The second kappa shape index (κ2) is 29.2. The van der Waals surface area contributed by atoms with Crippen molar-refractivity contribution in [3.8, 4) is 0 Å². The van der Waals surface area contributed by atoms with Crippen molar-refractivity contribution in [2.24, 2.45) is 0 Å². The first-order valence-electron chi connectivity index (χ1n) is 16.5. The van der Waals surface area contributed by atoms with E-state index in [4.69, 9.17) is 0 Å². The van der Waals surface area contributed by atoms with Gasteiger partial charge in [0, 0.05) is 134 Å². The zero-order valence-corrected chi connectivity index (χ0v) is 51.3. The normalized spacial score (nSPS) is 43.1. The van der Waals surface area contributed by atoms with Crippen LogP contribution in [-0.4, -0.2) is 145 Å². The van der Waals surface area contributed by atoms with E-state index in [2.05, 4.69) is 289 Å². The summed E-state index contributed by atoms with van der Waals surface area (Å²) in [5, 5.41) is 6.05. The van der Waals surface area contributed by atoms with E-state index in [1.165, 1.54) is 46.0 Å². The first kappa shape index (κ1) is 57.4. The van der Waals surface area contributed by atoms with Gasteiger partial charge in [0.2, 0.25) is 0 Å². The molecule has 4 spiro atoms. The van der Waals surface area contributed by atoms with Gasteiger partial charge in [-0.25, -0.2) is 0 Å². The molecule has 0 aromatic rings. The highest BCUT2D eigenvalue weighted by molar-refractivity contribution is 8.53. The lowest BCUT2D eigenvalue weighted by molar-refractivity contribution is 1.17. The van der Waals surface area contributed by atoms with Crippen molar-refractivity contribution in [2.45, 2.75) is 53.0 Å². The molecule has 0 nitrogen and oxygen atoms in total. The second-order valence-corrected chi connectivity index (χ2v) is 43.0. The van der Waals surface area contributed by atoms with Crippen molar-refractivity contribution in [3.63, 3.8) is 0 Å². The maximum Gasteiger partial charge on any atom is 0.154 e. The highest BCUT2D eigenvalue weighted by atomic mass is 32.3. The molecule has 54 heavy (non-hydrogen) atoms. The molecule has 26 heteroatoms. The van der Waals surface area contributed by atoms with Crippen LogP contribution in [0.2, 0.25) is 0 Å². The molecule has 8 atom stereocenters. The van der Waals surface area contributed by atoms with Gasteiger partial charge in [-0.15, -0.1) is 188 Å². The lowest BCUT2D eigenvalue weighted by atomic mass is 10.6. The van der Waals surface area contributed by atoms with Gasteiger partial charge in [0.15, 0.2) is 11.0 Å². The van der Waals surface area contributed by atoms with E-state index in [0.717, 1.165) is 88.0 Å². The molecular formula is C28H52S26. The predicted molar refractivity (Wildman–Crippen MR) is 333 cm³/mol. The van der Waals surface area contributed by atoms with E-state index in [1.54, 1.807) is 0 Å². The molecule has 8 aliphatic heterocycles. The molecule has 8 heterocycles. The fourth-order valence-corrected chi connectivity index (χ4v) is 42.2. The lowest BCUT2D eigenvalue weighted by Crippen LogP contribution is -2.06. The molecule has 0 aromatic carbocycles. The third-order valence-corrected chi connectivity index (χ3v) is 45.3. The molecule has 8 fully saturated rings. The van der Waals surface area contributed by atoms with Crippen molar-refractivity contribution in [1.82, 2.24) is 0 Å². The van der Waals surface area contributed by atoms with E-state index in [-0.39, 0.29) is 27.0 Å². The Morgan fingerprint density at radius 3 is 0.444 bits per heavy atom. The molecule has 0 N–H and O–H groups in total. The molecule has 0 bridgehead atoms. The number of thiol groups is 8. The van der Waals surface area contributed by atoms with Crippen molar-refractivity contribution < 1.29 is 0 Å². The summed E-state index contributed by atoms with van der Waals surface area (Å²) in [6.45, 7) is 0. The topological polar surface area (TPSA) is 0 Å². The van der Waals surface area contributed by atoms with E-state index in [1.807, 2.05) is 0 Å². The van der Waals surface area contributed by atoms with Crippen LogP contribution in [0.5, 0.6) is 0 Å². The molecule has 320 valence electrons. The quantitative estimate of drug-likeness (QED) is 0.109. The van der Waals surface area contributed by atoms with Gasteiger partial charge in [0.1, 0.15) is 0 Å². The van der Waals surface area contributed by atoms with Crippen LogP contribution in [0.4, 0.5) is 0 Å². The highest BCUT2D eigenvalue weighted by Crippen LogP contribution is 2.69. The van der Waals surface area contributed by atoms with Crippen molar-refractivity contribution in [2.75, 3.05) is 92.0 Å². The van der Waals surface area contributed by atoms with Crippen LogP contribution >= 0.6 is 316 Å². The van der Waals surface area contributed by atoms with Gasteiger partial charge in [0.05, 0.1) is 0 Å². The Morgan fingerprint density at radius 1 is 0.259 bits per heavy atom. The Labute approximate surface area is 453 Å². The van der Waals surface area contributed by atoms with E-state index in [0.29, 0.717) is 11.0 Å². The van der Waals surface area contributed by atoms with Gasteiger partial charge >= 0.3 is 0 Å². The average Bonchev–Trinajstić information content (AvgIpc) is 4.06. The smallest absolute Gasteiger partial charge is 0.154 e. The summed E-state index contributed by atoms with van der Waals surface area (Å²) >= 11 is 68.8. The van der Waals surface area contributed by atoms with E-state index < -0.39 is 0 Å². The van der Waals surface area contributed by atoms with Crippen LogP contribution < -0.4 is 0 Å².